The first-order valence-corrected chi connectivity index (χ1v) is 49.4. The molecular formula is C97H188O14. The molecule has 0 bridgehead atoms. The third-order valence-electron chi connectivity index (χ3n) is 26.2. The zero-order chi connectivity index (χ0) is 80.1. The molecule has 1 saturated carbocycles. The molecule has 1 aliphatic carbocycles. The van der Waals surface area contributed by atoms with Gasteiger partial charge >= 0.3 is 5.97 Å². The SMILES string of the molecule is CCCCCCCCCCCCCCCCCCCCCCCC[C@@H](C(=O)OC[C@H]1O[C@H](O[C@H]2O[C@H](CO)[C@@H](O)[C@H](O)[C@H]2O)[C@H](O)[C@@H](O)[C@@H]1O)[C@H](O)CCCCCCCCCCCCCCCCC[C@H]1C[C@H]1CCCCCCCCCCCCCCCC[C@@H](OC)[C@H](C)CCCCCCCCCCCCCCCCCC. The van der Waals surface area contributed by atoms with Crippen molar-refractivity contribution in [3.05, 3.63) is 0 Å². The summed E-state index contributed by atoms with van der Waals surface area (Å²) in [5.74, 6) is 1.38. The van der Waals surface area contributed by atoms with Crippen molar-refractivity contribution in [3.8, 4) is 0 Å². The fourth-order valence-electron chi connectivity index (χ4n) is 18.2. The quantitative estimate of drug-likeness (QED) is 0.0210. The number of methoxy groups -OCH3 is 1. The van der Waals surface area contributed by atoms with Crippen LogP contribution in [0.5, 0.6) is 0 Å². The molecule has 2 saturated heterocycles. The summed E-state index contributed by atoms with van der Waals surface area (Å²) in [5.41, 5.74) is 0. The molecule has 111 heavy (non-hydrogen) atoms. The van der Waals surface area contributed by atoms with Gasteiger partial charge in [-0.1, -0.05) is 464 Å². The number of aliphatic hydroxyl groups excluding tert-OH is 8. The molecule has 16 atom stereocenters. The van der Waals surface area contributed by atoms with Crippen molar-refractivity contribution in [1.82, 2.24) is 0 Å². The van der Waals surface area contributed by atoms with Gasteiger partial charge in [-0.05, 0) is 49.9 Å². The van der Waals surface area contributed by atoms with Gasteiger partial charge in [0, 0.05) is 7.11 Å². The van der Waals surface area contributed by atoms with Gasteiger partial charge in [0.1, 0.15) is 55.4 Å². The Kier molecular flexibility index (Phi) is 69.5. The van der Waals surface area contributed by atoms with Gasteiger partial charge in [0.15, 0.2) is 12.6 Å². The molecule has 3 rings (SSSR count). The van der Waals surface area contributed by atoms with E-state index in [1.54, 1.807) is 0 Å². The van der Waals surface area contributed by atoms with Crippen molar-refractivity contribution in [2.45, 2.75) is 570 Å². The standard InChI is InChI=1S/C97H188O14/c1-5-7-9-11-13-15-17-19-21-23-24-25-26-27-28-32-39-45-51-57-63-69-75-84(95(106)108-80-88-90(101)92(103)94(105)97(110-88)111-96-93(104)91(102)89(100)87(79-98)109-96)85(99)76-70-64-58-52-46-40-33-29-31-37-43-49-55-61-67-73-82-78-83(82)74-68-62-56-50-44-38-34-35-41-47-53-59-65-71-77-86(107-4)81(3)72-66-60-54-48-42-36-30-22-20-18-16-14-12-10-8-6-2/h81-94,96-105H,5-80H2,1-4H3/t81-,82+,83-,84-,85-,86-,87-,88-,89-,90-,91+,92+,93-,94-,96-,97-/m1/s1. The first-order chi connectivity index (χ1) is 54.4. The number of carbonyl (C=O) groups excluding carboxylic acids is 1. The summed E-state index contributed by atoms with van der Waals surface area (Å²) in [5, 5.41) is 84.7. The second-order valence-electron chi connectivity index (χ2n) is 36.4. The van der Waals surface area contributed by atoms with Gasteiger partial charge < -0.3 is 64.5 Å². The van der Waals surface area contributed by atoms with Crippen LogP contribution in [0.3, 0.4) is 0 Å². The molecule has 0 aromatic rings. The van der Waals surface area contributed by atoms with Crippen LogP contribution in [0.25, 0.3) is 0 Å². The Labute approximate surface area is 685 Å². The topological polar surface area (TPSA) is 225 Å². The third-order valence-corrected chi connectivity index (χ3v) is 26.2. The molecule has 0 aromatic carbocycles. The van der Waals surface area contributed by atoms with Crippen molar-refractivity contribution in [2.75, 3.05) is 20.3 Å². The molecule has 0 amide bonds. The predicted molar refractivity (Wildman–Crippen MR) is 462 cm³/mol. The Morgan fingerprint density at radius 3 is 0.901 bits per heavy atom. The van der Waals surface area contributed by atoms with Gasteiger partial charge in [-0.3, -0.25) is 4.79 Å². The maximum Gasteiger partial charge on any atom is 0.311 e. The minimum absolute atomic E-state index is 0.454. The molecule has 14 nitrogen and oxygen atoms in total. The third kappa shape index (κ3) is 54.7. The number of hydrogen-bond donors (Lipinski definition) is 8. The fraction of sp³-hybridized carbons (Fsp3) is 0.990. The molecule has 8 N–H and O–H groups in total. The van der Waals surface area contributed by atoms with Crippen LogP contribution >= 0.6 is 0 Å². The summed E-state index contributed by atoms with van der Waals surface area (Å²) in [6.07, 6.45) is 81.4. The van der Waals surface area contributed by atoms with Gasteiger partial charge in [0.05, 0.1) is 24.7 Å². The average molecular weight is 1580 g/mol. The summed E-state index contributed by atoms with van der Waals surface area (Å²) >= 11 is 0. The summed E-state index contributed by atoms with van der Waals surface area (Å²) in [4.78, 5) is 13.9. The summed E-state index contributed by atoms with van der Waals surface area (Å²) < 4.78 is 28.5. The van der Waals surface area contributed by atoms with E-state index in [2.05, 4.69) is 20.8 Å². The maximum absolute atomic E-state index is 13.9. The first-order valence-electron chi connectivity index (χ1n) is 49.4. The number of rotatable bonds is 84. The highest BCUT2D eigenvalue weighted by molar-refractivity contribution is 5.73. The number of hydrogen-bond acceptors (Lipinski definition) is 14. The maximum atomic E-state index is 13.9. The Morgan fingerprint density at radius 1 is 0.333 bits per heavy atom. The lowest BCUT2D eigenvalue weighted by molar-refractivity contribution is -0.376. The van der Waals surface area contributed by atoms with Crippen molar-refractivity contribution >= 4 is 5.97 Å². The van der Waals surface area contributed by atoms with E-state index < -0.39 is 92.6 Å². The average Bonchev–Trinajstić information content (AvgIpc) is 1.51. The highest BCUT2D eigenvalue weighted by Crippen LogP contribution is 2.46. The zero-order valence-electron chi connectivity index (χ0n) is 73.5. The smallest absolute Gasteiger partial charge is 0.311 e. The molecule has 2 heterocycles. The molecule has 0 unspecified atom stereocenters. The Hall–Kier alpha value is -1.01. The lowest BCUT2D eigenvalue weighted by Crippen LogP contribution is -2.63. The van der Waals surface area contributed by atoms with Crippen LogP contribution < -0.4 is 0 Å². The molecule has 0 aromatic heterocycles. The predicted octanol–water partition coefficient (Wildman–Crippen LogP) is 24.9. The van der Waals surface area contributed by atoms with Crippen LogP contribution in [0.4, 0.5) is 0 Å². The normalized spacial score (nSPS) is 23.2. The van der Waals surface area contributed by atoms with Crippen LogP contribution in [-0.2, 0) is 28.5 Å². The van der Waals surface area contributed by atoms with E-state index in [0.29, 0.717) is 24.9 Å². The van der Waals surface area contributed by atoms with E-state index in [4.69, 9.17) is 23.7 Å². The second kappa shape index (κ2) is 74.1. The monoisotopic (exact) mass is 1580 g/mol. The van der Waals surface area contributed by atoms with E-state index in [-0.39, 0.29) is 0 Å². The molecular weight excluding hydrogens is 1390 g/mol. The highest BCUT2D eigenvalue weighted by Gasteiger charge is 2.50. The minimum Gasteiger partial charge on any atom is -0.463 e. The Morgan fingerprint density at radius 2 is 0.595 bits per heavy atom. The van der Waals surface area contributed by atoms with Crippen LogP contribution in [-0.4, -0.2) is 141 Å². The summed E-state index contributed by atoms with van der Waals surface area (Å²) in [7, 11) is 1.95. The molecule has 14 heteroatoms. The van der Waals surface area contributed by atoms with Crippen LogP contribution in [0.15, 0.2) is 0 Å². The molecule has 660 valence electrons. The number of carbonyl (C=O) groups is 1. The molecule has 3 fully saturated rings. The second-order valence-corrected chi connectivity index (χ2v) is 36.4. The van der Waals surface area contributed by atoms with E-state index >= 15 is 0 Å². The van der Waals surface area contributed by atoms with Crippen molar-refractivity contribution in [3.63, 3.8) is 0 Å². The molecule has 0 radical (unpaired) electrons. The fourth-order valence-corrected chi connectivity index (χ4v) is 18.2. The Balaban J connectivity index is 1.13. The van der Waals surface area contributed by atoms with E-state index in [1.807, 2.05) is 7.11 Å². The molecule has 2 aliphatic heterocycles. The van der Waals surface area contributed by atoms with E-state index in [0.717, 1.165) is 56.8 Å². The lowest BCUT2D eigenvalue weighted by Gasteiger charge is -2.44. The van der Waals surface area contributed by atoms with Crippen molar-refractivity contribution in [1.29, 1.82) is 0 Å². The van der Waals surface area contributed by atoms with Gasteiger partial charge in [-0.15, -0.1) is 0 Å². The number of esters is 1. The van der Waals surface area contributed by atoms with Gasteiger partial charge in [-0.2, -0.15) is 0 Å². The number of unbranched alkanes of at least 4 members (excludes halogenated alkanes) is 63. The van der Waals surface area contributed by atoms with Gasteiger partial charge in [0.25, 0.3) is 0 Å². The summed E-state index contributed by atoms with van der Waals surface area (Å²) in [6, 6.07) is 0. The zero-order valence-corrected chi connectivity index (χ0v) is 73.5. The number of ether oxygens (including phenoxy) is 5. The minimum atomic E-state index is -1.83. The van der Waals surface area contributed by atoms with Gasteiger partial charge in [0.2, 0.25) is 0 Å². The van der Waals surface area contributed by atoms with Crippen molar-refractivity contribution < 1.29 is 69.3 Å². The van der Waals surface area contributed by atoms with Crippen LogP contribution in [0.1, 0.15) is 496 Å². The molecule has 0 spiro atoms. The largest absolute Gasteiger partial charge is 0.463 e. The highest BCUT2D eigenvalue weighted by atomic mass is 16.8. The number of aliphatic hydroxyl groups is 8. The molecule has 3 aliphatic rings. The van der Waals surface area contributed by atoms with Crippen LogP contribution in [0, 0.1) is 23.7 Å². The first kappa shape index (κ1) is 104. The van der Waals surface area contributed by atoms with Gasteiger partial charge in [-0.25, -0.2) is 0 Å². The van der Waals surface area contributed by atoms with Crippen LogP contribution in [0.2, 0.25) is 0 Å². The van der Waals surface area contributed by atoms with E-state index in [1.165, 1.54) is 417 Å². The Bertz CT molecular complexity index is 1970. The van der Waals surface area contributed by atoms with Crippen molar-refractivity contribution in [2.24, 2.45) is 23.7 Å². The summed E-state index contributed by atoms with van der Waals surface area (Å²) in [6.45, 7) is 5.81. The lowest BCUT2D eigenvalue weighted by atomic mass is 9.91. The van der Waals surface area contributed by atoms with E-state index in [9.17, 15) is 45.6 Å².